The molecule has 78 valence electrons. The Morgan fingerprint density at radius 3 is 2.87 bits per heavy atom. The van der Waals surface area contributed by atoms with E-state index in [1.165, 1.54) is 0 Å². The molecular formula is C12H14N2O. The van der Waals surface area contributed by atoms with Gasteiger partial charge in [0.05, 0.1) is 17.2 Å². The van der Waals surface area contributed by atoms with Gasteiger partial charge in [-0.1, -0.05) is 19.1 Å². The van der Waals surface area contributed by atoms with Crippen molar-refractivity contribution in [3.63, 3.8) is 0 Å². The lowest BCUT2D eigenvalue weighted by Gasteiger charge is -2.12. The molecule has 3 nitrogen and oxygen atoms in total. The molecule has 0 N–H and O–H groups in total. The van der Waals surface area contributed by atoms with Crippen LogP contribution in [0.3, 0.4) is 0 Å². The lowest BCUT2D eigenvalue weighted by molar-refractivity contribution is 0.510. The van der Waals surface area contributed by atoms with Crippen molar-refractivity contribution in [2.24, 2.45) is 0 Å². The van der Waals surface area contributed by atoms with E-state index in [-0.39, 0.29) is 11.6 Å². The quantitative estimate of drug-likeness (QED) is 0.749. The van der Waals surface area contributed by atoms with Crippen LogP contribution in [0, 0.1) is 0 Å². The molecule has 0 fully saturated rings. The summed E-state index contributed by atoms with van der Waals surface area (Å²) in [4.78, 5) is 16.3. The summed E-state index contributed by atoms with van der Waals surface area (Å²) in [6.45, 7) is 4.09. The summed E-state index contributed by atoms with van der Waals surface area (Å²) >= 11 is 0. The van der Waals surface area contributed by atoms with Gasteiger partial charge in [-0.3, -0.25) is 9.36 Å². The number of nitrogens with zero attached hydrogens (tertiary/aromatic N) is 2. The van der Waals surface area contributed by atoms with E-state index in [1.807, 2.05) is 31.2 Å². The van der Waals surface area contributed by atoms with Crippen molar-refractivity contribution in [3.8, 4) is 0 Å². The maximum Gasteiger partial charge on any atom is 0.261 e. The van der Waals surface area contributed by atoms with Gasteiger partial charge < -0.3 is 0 Å². The Hall–Kier alpha value is -1.64. The summed E-state index contributed by atoms with van der Waals surface area (Å²) in [7, 11) is 0. The molecule has 0 saturated heterocycles. The lowest BCUT2D eigenvalue weighted by Crippen LogP contribution is -2.23. The van der Waals surface area contributed by atoms with E-state index in [1.54, 1.807) is 10.9 Å². The van der Waals surface area contributed by atoms with Crippen LogP contribution in [0.5, 0.6) is 0 Å². The van der Waals surface area contributed by atoms with Crippen LogP contribution < -0.4 is 5.56 Å². The minimum Gasteiger partial charge on any atom is -0.296 e. The van der Waals surface area contributed by atoms with Crippen molar-refractivity contribution in [2.75, 3.05) is 0 Å². The summed E-state index contributed by atoms with van der Waals surface area (Å²) in [6, 6.07) is 7.64. The van der Waals surface area contributed by atoms with Crippen molar-refractivity contribution >= 4 is 10.9 Å². The van der Waals surface area contributed by atoms with Crippen LogP contribution in [-0.4, -0.2) is 9.55 Å². The predicted molar refractivity (Wildman–Crippen MR) is 61.0 cm³/mol. The molecule has 0 aliphatic heterocycles. The lowest BCUT2D eigenvalue weighted by atomic mass is 10.2. The molecule has 2 rings (SSSR count). The molecule has 3 heteroatoms. The number of rotatable bonds is 2. The van der Waals surface area contributed by atoms with Gasteiger partial charge in [0.2, 0.25) is 0 Å². The molecule has 0 aliphatic carbocycles. The summed E-state index contributed by atoms with van der Waals surface area (Å²) in [5.41, 5.74) is 0.817. The Morgan fingerprint density at radius 2 is 2.13 bits per heavy atom. The molecule has 0 spiro atoms. The first-order valence-corrected chi connectivity index (χ1v) is 5.20. The minimum atomic E-state index is 0.0509. The number of fused-ring (bicyclic) bond motifs is 1. The smallest absolute Gasteiger partial charge is 0.261 e. The molecule has 1 aromatic heterocycles. The second-order valence-corrected chi connectivity index (χ2v) is 3.73. The number of hydrogen-bond acceptors (Lipinski definition) is 2. The summed E-state index contributed by atoms with van der Waals surface area (Å²) in [5, 5.41) is 0.695. The Balaban J connectivity index is 2.71. The first kappa shape index (κ1) is 9.90. The van der Waals surface area contributed by atoms with Crippen molar-refractivity contribution in [3.05, 3.63) is 40.9 Å². The predicted octanol–water partition coefficient (Wildman–Crippen LogP) is 2.37. The van der Waals surface area contributed by atoms with E-state index < -0.39 is 0 Å². The maximum absolute atomic E-state index is 12.1. The van der Waals surface area contributed by atoms with Crippen LogP contribution in [-0.2, 0) is 0 Å². The van der Waals surface area contributed by atoms with E-state index in [2.05, 4.69) is 11.9 Å². The van der Waals surface area contributed by atoms with Gasteiger partial charge in [0.1, 0.15) is 0 Å². The molecule has 1 aromatic carbocycles. The van der Waals surface area contributed by atoms with E-state index in [0.29, 0.717) is 5.39 Å². The Labute approximate surface area is 88.4 Å². The Kier molecular flexibility index (Phi) is 2.54. The number of benzene rings is 1. The number of aromatic nitrogens is 2. The molecule has 1 heterocycles. The highest BCUT2D eigenvalue weighted by Gasteiger charge is 2.07. The van der Waals surface area contributed by atoms with E-state index in [9.17, 15) is 4.79 Å². The summed E-state index contributed by atoms with van der Waals surface area (Å²) < 4.78 is 1.70. The third-order valence-corrected chi connectivity index (χ3v) is 2.76. The summed E-state index contributed by atoms with van der Waals surface area (Å²) in [5.74, 6) is 0. The van der Waals surface area contributed by atoms with Crippen LogP contribution in [0.4, 0.5) is 0 Å². The highest BCUT2D eigenvalue weighted by atomic mass is 16.1. The molecular weight excluding hydrogens is 188 g/mol. The topological polar surface area (TPSA) is 34.9 Å². The van der Waals surface area contributed by atoms with Crippen molar-refractivity contribution in [1.29, 1.82) is 0 Å². The second kappa shape index (κ2) is 3.85. The van der Waals surface area contributed by atoms with E-state index in [0.717, 1.165) is 11.9 Å². The normalized spacial score (nSPS) is 12.9. The van der Waals surface area contributed by atoms with Crippen molar-refractivity contribution in [2.45, 2.75) is 26.3 Å². The zero-order valence-electron chi connectivity index (χ0n) is 8.97. The molecule has 0 aliphatic rings. The van der Waals surface area contributed by atoms with Crippen molar-refractivity contribution in [1.82, 2.24) is 9.55 Å². The molecule has 1 unspecified atom stereocenters. The number of para-hydroxylation sites is 1. The Bertz CT molecular complexity index is 530. The van der Waals surface area contributed by atoms with Gasteiger partial charge in [0, 0.05) is 6.04 Å². The highest BCUT2D eigenvalue weighted by Crippen LogP contribution is 2.09. The monoisotopic (exact) mass is 202 g/mol. The van der Waals surface area contributed by atoms with Crippen LogP contribution in [0.25, 0.3) is 10.9 Å². The van der Waals surface area contributed by atoms with E-state index in [4.69, 9.17) is 0 Å². The molecule has 2 aromatic rings. The fourth-order valence-electron chi connectivity index (χ4n) is 1.59. The van der Waals surface area contributed by atoms with Crippen LogP contribution in [0.15, 0.2) is 35.4 Å². The van der Waals surface area contributed by atoms with Gasteiger partial charge in [0.25, 0.3) is 5.56 Å². The molecule has 15 heavy (non-hydrogen) atoms. The van der Waals surface area contributed by atoms with E-state index >= 15 is 0 Å². The minimum absolute atomic E-state index is 0.0509. The average molecular weight is 202 g/mol. The fourth-order valence-corrected chi connectivity index (χ4v) is 1.59. The zero-order chi connectivity index (χ0) is 10.8. The first-order valence-electron chi connectivity index (χ1n) is 5.20. The highest BCUT2D eigenvalue weighted by molar-refractivity contribution is 5.76. The molecule has 0 bridgehead atoms. The third-order valence-electron chi connectivity index (χ3n) is 2.76. The van der Waals surface area contributed by atoms with Gasteiger partial charge in [-0.25, -0.2) is 4.98 Å². The number of hydrogen-bond donors (Lipinski definition) is 0. The van der Waals surface area contributed by atoms with Gasteiger partial charge in [-0.15, -0.1) is 0 Å². The zero-order valence-corrected chi connectivity index (χ0v) is 8.97. The average Bonchev–Trinajstić information content (AvgIpc) is 2.29. The third kappa shape index (κ3) is 1.65. The fraction of sp³-hybridized carbons (Fsp3) is 0.333. The van der Waals surface area contributed by atoms with Crippen LogP contribution in [0.2, 0.25) is 0 Å². The largest absolute Gasteiger partial charge is 0.296 e. The maximum atomic E-state index is 12.1. The van der Waals surface area contributed by atoms with Gasteiger partial charge >= 0.3 is 0 Å². The standard InChI is InChI=1S/C12H14N2O/c1-3-9(2)14-8-13-11-7-5-4-6-10(11)12(14)15/h4-9H,3H2,1-2H3. The molecule has 1 atom stereocenters. The first-order chi connectivity index (χ1) is 7.24. The molecule has 0 amide bonds. The van der Waals surface area contributed by atoms with Crippen LogP contribution >= 0.6 is 0 Å². The van der Waals surface area contributed by atoms with Crippen LogP contribution in [0.1, 0.15) is 26.3 Å². The molecule has 0 saturated carbocycles. The molecule has 0 radical (unpaired) electrons. The van der Waals surface area contributed by atoms with Gasteiger partial charge in [-0.05, 0) is 25.5 Å². The summed E-state index contributed by atoms with van der Waals surface area (Å²) in [6.07, 6.45) is 2.57. The SMILES string of the molecule is CCC(C)n1cnc2ccccc2c1=O. The van der Waals surface area contributed by atoms with Crippen molar-refractivity contribution < 1.29 is 0 Å². The van der Waals surface area contributed by atoms with Gasteiger partial charge in [0.15, 0.2) is 0 Å². The second-order valence-electron chi connectivity index (χ2n) is 3.73. The Morgan fingerprint density at radius 1 is 1.40 bits per heavy atom. The van der Waals surface area contributed by atoms with Gasteiger partial charge in [-0.2, -0.15) is 0 Å².